The summed E-state index contributed by atoms with van der Waals surface area (Å²) in [5, 5.41) is 9.73. The van der Waals surface area contributed by atoms with E-state index in [2.05, 4.69) is 6.92 Å². The van der Waals surface area contributed by atoms with E-state index in [4.69, 9.17) is 40.3 Å². The summed E-state index contributed by atoms with van der Waals surface area (Å²) >= 11 is 6.11. The Morgan fingerprint density at radius 1 is 1.14 bits per heavy atom. The van der Waals surface area contributed by atoms with E-state index >= 15 is 0 Å². The Bertz CT molecular complexity index is 1090. The molecule has 4 aliphatic heterocycles. The van der Waals surface area contributed by atoms with Crippen molar-refractivity contribution in [1.82, 2.24) is 0 Å². The Kier molecular flexibility index (Phi) is 7.24. The zero-order valence-electron chi connectivity index (χ0n) is 21.2. The molecule has 5 aliphatic rings. The van der Waals surface area contributed by atoms with Gasteiger partial charge in [-0.3, -0.25) is 9.59 Å². The number of nitrogens with zero attached hydrogens (tertiary/aromatic N) is 1. The average molecular weight is 534 g/mol. The Morgan fingerprint density at radius 3 is 2.65 bits per heavy atom. The van der Waals surface area contributed by atoms with Gasteiger partial charge in [0.05, 0.1) is 12.8 Å². The minimum atomic E-state index is -1.16. The van der Waals surface area contributed by atoms with Crippen molar-refractivity contribution in [2.45, 2.75) is 89.4 Å². The number of nitriles is 1. The highest BCUT2D eigenvalue weighted by Crippen LogP contribution is 2.60. The lowest BCUT2D eigenvalue weighted by molar-refractivity contribution is -0.576. The zero-order valence-corrected chi connectivity index (χ0v) is 21.9. The maximum atomic E-state index is 12.7. The second kappa shape index (κ2) is 10.2. The quantitative estimate of drug-likeness (QED) is 0.369. The van der Waals surface area contributed by atoms with Gasteiger partial charge < -0.3 is 18.9 Å². The normalized spacial score (nSPS) is 39.0. The van der Waals surface area contributed by atoms with Crippen molar-refractivity contribution >= 4 is 23.5 Å². The van der Waals surface area contributed by atoms with Gasteiger partial charge in [-0.2, -0.15) is 5.26 Å². The SMILES string of the molecule is C[C@@H]1CCC2[C@@H](C)[C@H](OC(=O)CCC(=O)OC(C#N)c3ccccc3Cl)O[C@@H]3O[C@]4(C)CCC1[C@@]23OO4. The van der Waals surface area contributed by atoms with Crippen LogP contribution in [0, 0.1) is 35.0 Å². The van der Waals surface area contributed by atoms with E-state index in [1.807, 2.05) is 19.9 Å². The lowest BCUT2D eigenvalue weighted by Crippen LogP contribution is -2.70. The van der Waals surface area contributed by atoms with E-state index in [0.717, 1.165) is 19.3 Å². The third-order valence-electron chi connectivity index (χ3n) is 8.43. The van der Waals surface area contributed by atoms with Crippen LogP contribution in [0.5, 0.6) is 0 Å². The molecule has 0 amide bonds. The molecule has 1 saturated carbocycles. The summed E-state index contributed by atoms with van der Waals surface area (Å²) in [5.41, 5.74) is -0.358. The van der Waals surface area contributed by atoms with E-state index in [-0.39, 0.29) is 30.6 Å². The molecule has 9 atom stereocenters. The number of halogens is 1. The van der Waals surface area contributed by atoms with Gasteiger partial charge in [-0.1, -0.05) is 43.6 Å². The number of carbonyl (C=O) groups is 2. The summed E-state index contributed by atoms with van der Waals surface area (Å²) in [7, 11) is 0. The first-order chi connectivity index (χ1) is 17.7. The number of carbonyl (C=O) groups excluding carboxylic acids is 2. The predicted molar refractivity (Wildman–Crippen MR) is 128 cm³/mol. The fraction of sp³-hybridized carbons (Fsp3) is 0.667. The van der Waals surface area contributed by atoms with Gasteiger partial charge in [0, 0.05) is 28.8 Å². The molecule has 37 heavy (non-hydrogen) atoms. The van der Waals surface area contributed by atoms with Crippen LogP contribution in [-0.2, 0) is 38.3 Å². The fourth-order valence-electron chi connectivity index (χ4n) is 6.44. The van der Waals surface area contributed by atoms with E-state index in [9.17, 15) is 14.9 Å². The maximum Gasteiger partial charge on any atom is 0.308 e. The molecule has 200 valence electrons. The van der Waals surface area contributed by atoms with Gasteiger partial charge in [0.2, 0.25) is 18.2 Å². The molecule has 1 aromatic rings. The van der Waals surface area contributed by atoms with Gasteiger partial charge in [0.1, 0.15) is 6.07 Å². The Labute approximate surface area is 221 Å². The Morgan fingerprint density at radius 2 is 1.89 bits per heavy atom. The number of benzene rings is 1. The number of rotatable bonds is 6. The molecule has 1 aromatic carbocycles. The van der Waals surface area contributed by atoms with E-state index in [1.165, 1.54) is 0 Å². The van der Waals surface area contributed by atoms with Crippen LogP contribution in [0.15, 0.2) is 24.3 Å². The fourth-order valence-corrected chi connectivity index (χ4v) is 6.67. The van der Waals surface area contributed by atoms with Crippen molar-refractivity contribution in [3.63, 3.8) is 0 Å². The summed E-state index contributed by atoms with van der Waals surface area (Å²) in [6.07, 6.45) is 0.307. The molecule has 10 heteroatoms. The lowest BCUT2D eigenvalue weighted by atomic mass is 9.58. The number of hydrogen-bond donors (Lipinski definition) is 0. The molecule has 2 bridgehead atoms. The second-order valence-corrected chi connectivity index (χ2v) is 11.2. The second-order valence-electron chi connectivity index (χ2n) is 10.8. The molecule has 4 heterocycles. The van der Waals surface area contributed by atoms with Crippen LogP contribution in [0.3, 0.4) is 0 Å². The molecule has 0 radical (unpaired) electrons. The minimum absolute atomic E-state index is 0.0184. The van der Waals surface area contributed by atoms with Crippen LogP contribution in [0.4, 0.5) is 0 Å². The molecule has 0 aromatic heterocycles. The molecule has 4 saturated heterocycles. The van der Waals surface area contributed by atoms with Crippen LogP contribution in [0.25, 0.3) is 0 Å². The molecule has 1 aliphatic carbocycles. The summed E-state index contributed by atoms with van der Waals surface area (Å²) in [5.74, 6) is -1.73. The van der Waals surface area contributed by atoms with Crippen molar-refractivity contribution in [1.29, 1.82) is 5.26 Å². The van der Waals surface area contributed by atoms with Gasteiger partial charge in [-0.15, -0.1) is 0 Å². The molecule has 5 fully saturated rings. The van der Waals surface area contributed by atoms with Crippen molar-refractivity contribution in [3.8, 4) is 6.07 Å². The smallest absolute Gasteiger partial charge is 0.308 e. The first kappa shape index (κ1) is 26.4. The van der Waals surface area contributed by atoms with Gasteiger partial charge in [-0.25, -0.2) is 9.78 Å². The number of ether oxygens (including phenoxy) is 4. The molecule has 1 spiro atoms. The molecular weight excluding hydrogens is 502 g/mol. The number of hydrogen-bond acceptors (Lipinski definition) is 9. The maximum absolute atomic E-state index is 12.7. The third-order valence-corrected chi connectivity index (χ3v) is 8.78. The standard InChI is InChI=1S/C27H32ClNO8/c1-15-8-9-19-16(2)24(34-25-27(19)18(15)12-13-26(3,35-25)36-37-27)33-23(31)11-10-22(30)32-21(14-29)17-6-4-5-7-20(17)28/h4-7,15-16,18-19,21,24-25H,8-13H2,1-3H3/t15-,16-,18?,19?,21?,24-,25-,26+,27-/m1/s1. The van der Waals surface area contributed by atoms with Crippen molar-refractivity contribution < 1.29 is 38.3 Å². The van der Waals surface area contributed by atoms with E-state index < -0.39 is 42.0 Å². The van der Waals surface area contributed by atoms with Gasteiger partial charge in [-0.05, 0) is 44.1 Å². The molecule has 6 rings (SSSR count). The highest BCUT2D eigenvalue weighted by molar-refractivity contribution is 6.31. The Balaban J connectivity index is 1.21. The van der Waals surface area contributed by atoms with Crippen LogP contribution in [0.1, 0.15) is 71.0 Å². The van der Waals surface area contributed by atoms with Crippen LogP contribution in [-0.4, -0.2) is 35.9 Å². The van der Waals surface area contributed by atoms with Crippen molar-refractivity contribution in [2.24, 2.45) is 23.7 Å². The van der Waals surface area contributed by atoms with Crippen molar-refractivity contribution in [3.05, 3.63) is 34.9 Å². The Hall–Kier alpha value is -2.22. The van der Waals surface area contributed by atoms with Crippen molar-refractivity contribution in [2.75, 3.05) is 0 Å². The molecular formula is C27H32ClNO8. The molecule has 9 nitrogen and oxygen atoms in total. The summed E-state index contributed by atoms with van der Waals surface area (Å²) in [6.45, 7) is 6.05. The zero-order chi connectivity index (χ0) is 26.4. The van der Waals surface area contributed by atoms with Gasteiger partial charge >= 0.3 is 11.9 Å². The number of esters is 2. The monoisotopic (exact) mass is 533 g/mol. The first-order valence-electron chi connectivity index (χ1n) is 12.9. The van der Waals surface area contributed by atoms with Gasteiger partial charge in [0.25, 0.3) is 0 Å². The number of fused-ring (bicyclic) bond motifs is 2. The highest BCUT2D eigenvalue weighted by atomic mass is 35.5. The summed E-state index contributed by atoms with van der Waals surface area (Å²) < 4.78 is 23.5. The predicted octanol–water partition coefficient (Wildman–Crippen LogP) is 4.98. The lowest BCUT2D eigenvalue weighted by Gasteiger charge is -2.59. The first-order valence-corrected chi connectivity index (χ1v) is 13.3. The largest absolute Gasteiger partial charge is 0.442 e. The summed E-state index contributed by atoms with van der Waals surface area (Å²) in [6, 6.07) is 8.55. The average Bonchev–Trinajstić information content (AvgIpc) is 3.10. The topological polar surface area (TPSA) is 113 Å². The molecule has 3 unspecified atom stereocenters. The summed E-state index contributed by atoms with van der Waals surface area (Å²) in [4.78, 5) is 37.0. The van der Waals surface area contributed by atoms with E-state index in [1.54, 1.807) is 24.3 Å². The van der Waals surface area contributed by atoms with Crippen LogP contribution >= 0.6 is 11.6 Å². The minimum Gasteiger partial charge on any atom is -0.442 e. The van der Waals surface area contributed by atoms with Gasteiger partial charge in [0.15, 0.2) is 11.9 Å². The molecule has 0 N–H and O–H groups in total. The third kappa shape index (κ3) is 4.75. The van der Waals surface area contributed by atoms with Crippen LogP contribution < -0.4 is 0 Å². The van der Waals surface area contributed by atoms with E-state index in [0.29, 0.717) is 22.9 Å². The van der Waals surface area contributed by atoms with Crippen LogP contribution in [0.2, 0.25) is 5.02 Å². The highest BCUT2D eigenvalue weighted by Gasteiger charge is 2.69.